The lowest BCUT2D eigenvalue weighted by Gasteiger charge is -2.42. The second kappa shape index (κ2) is 12.1. The zero-order valence-electron chi connectivity index (χ0n) is 26.3. The number of nitrogens with zero attached hydrogens (tertiary/aromatic N) is 1. The number of hydrogen-bond donors (Lipinski definition) is 3. The molecule has 10 nitrogen and oxygen atoms in total. The molecule has 0 spiro atoms. The SMILES string of the molecule is COc1c(CS(N)(=O)=O)cc(C(C)(C)C)cc1NC(=O)Nc1ccc(C(=O)C2CC3Cc4ccccc4N(C2)O3)c2ccccc12. The minimum absolute atomic E-state index is 0.0380. The summed E-state index contributed by atoms with van der Waals surface area (Å²) < 4.78 is 29.5. The summed E-state index contributed by atoms with van der Waals surface area (Å²) in [6.07, 6.45) is 1.33. The van der Waals surface area contributed by atoms with Gasteiger partial charge in [0.25, 0.3) is 0 Å². The number of sulfonamides is 1. The Labute approximate surface area is 268 Å². The van der Waals surface area contributed by atoms with Gasteiger partial charge in [0, 0.05) is 28.9 Å². The molecule has 2 aliphatic heterocycles. The van der Waals surface area contributed by atoms with E-state index < -0.39 is 21.8 Å². The maximum atomic E-state index is 14.0. The molecule has 2 amide bonds. The van der Waals surface area contributed by atoms with Crippen molar-refractivity contribution in [1.29, 1.82) is 0 Å². The van der Waals surface area contributed by atoms with Gasteiger partial charge in [-0.3, -0.25) is 14.7 Å². The average Bonchev–Trinajstić information content (AvgIpc) is 2.99. The van der Waals surface area contributed by atoms with Crippen LogP contribution in [-0.4, -0.2) is 40.0 Å². The van der Waals surface area contributed by atoms with Gasteiger partial charge in [0.15, 0.2) is 5.78 Å². The average molecular weight is 643 g/mol. The number of fused-ring (bicyclic) bond motifs is 5. The van der Waals surface area contributed by atoms with Gasteiger partial charge in [-0.1, -0.05) is 69.3 Å². The van der Waals surface area contributed by atoms with Crippen molar-refractivity contribution in [3.63, 3.8) is 0 Å². The third-order valence-electron chi connectivity index (χ3n) is 8.57. The summed E-state index contributed by atoms with van der Waals surface area (Å²) in [5, 5.41) is 14.4. The Morgan fingerprint density at radius 2 is 1.67 bits per heavy atom. The number of anilines is 3. The van der Waals surface area contributed by atoms with Crippen molar-refractivity contribution in [3.05, 3.63) is 95.1 Å². The minimum atomic E-state index is -3.87. The molecule has 2 atom stereocenters. The van der Waals surface area contributed by atoms with Gasteiger partial charge in [0.1, 0.15) is 5.75 Å². The number of carbonyl (C=O) groups excluding carboxylic acids is 2. The monoisotopic (exact) mass is 642 g/mol. The van der Waals surface area contributed by atoms with Gasteiger partial charge in [-0.15, -0.1) is 0 Å². The molecule has 240 valence electrons. The highest BCUT2D eigenvalue weighted by Gasteiger charge is 2.38. The van der Waals surface area contributed by atoms with Crippen molar-refractivity contribution in [1.82, 2.24) is 0 Å². The van der Waals surface area contributed by atoms with E-state index in [2.05, 4.69) is 16.7 Å². The first-order valence-corrected chi connectivity index (χ1v) is 16.9. The second-order valence-corrected chi connectivity index (χ2v) is 14.6. The van der Waals surface area contributed by atoms with Crippen molar-refractivity contribution in [3.8, 4) is 5.75 Å². The van der Waals surface area contributed by atoms with Crippen molar-refractivity contribution < 1.29 is 27.6 Å². The highest BCUT2D eigenvalue weighted by molar-refractivity contribution is 7.88. The van der Waals surface area contributed by atoms with E-state index in [1.807, 2.05) is 68.3 Å². The van der Waals surface area contributed by atoms with E-state index in [0.717, 1.165) is 23.1 Å². The fourth-order valence-electron chi connectivity index (χ4n) is 6.39. The van der Waals surface area contributed by atoms with Crippen molar-refractivity contribution in [2.45, 2.75) is 50.9 Å². The molecule has 6 rings (SSSR count). The van der Waals surface area contributed by atoms with Gasteiger partial charge in [-0.05, 0) is 52.6 Å². The summed E-state index contributed by atoms with van der Waals surface area (Å²) >= 11 is 0. The molecule has 2 heterocycles. The van der Waals surface area contributed by atoms with Crippen LogP contribution in [-0.2, 0) is 32.4 Å². The van der Waals surface area contributed by atoms with Crippen molar-refractivity contribution in [2.75, 3.05) is 29.4 Å². The van der Waals surface area contributed by atoms with Crippen LogP contribution in [0.5, 0.6) is 5.75 Å². The van der Waals surface area contributed by atoms with Gasteiger partial charge >= 0.3 is 6.03 Å². The first kappa shape index (κ1) is 31.5. The van der Waals surface area contributed by atoms with Gasteiger partial charge in [-0.25, -0.2) is 18.4 Å². The Morgan fingerprint density at radius 3 is 2.39 bits per heavy atom. The molecule has 4 aromatic carbocycles. The van der Waals surface area contributed by atoms with E-state index in [-0.39, 0.29) is 29.0 Å². The first-order valence-electron chi connectivity index (χ1n) is 15.2. The second-order valence-electron chi connectivity index (χ2n) is 13.0. The number of amides is 2. The van der Waals surface area contributed by atoms with E-state index in [1.165, 1.54) is 12.7 Å². The van der Waals surface area contributed by atoms with Crippen LogP contribution in [0.25, 0.3) is 10.8 Å². The lowest BCUT2D eigenvalue weighted by Crippen LogP contribution is -2.47. The number of urea groups is 1. The molecular formula is C35H38N4O6S. The molecule has 0 radical (unpaired) electrons. The fourth-order valence-corrected chi connectivity index (χ4v) is 7.04. The Kier molecular flexibility index (Phi) is 8.26. The number of benzene rings is 4. The number of carbonyl (C=O) groups is 2. The number of methoxy groups -OCH3 is 1. The van der Waals surface area contributed by atoms with Crippen LogP contribution in [0.2, 0.25) is 0 Å². The maximum absolute atomic E-state index is 14.0. The predicted octanol–water partition coefficient (Wildman–Crippen LogP) is 6.14. The van der Waals surface area contributed by atoms with Gasteiger partial charge in [0.2, 0.25) is 10.0 Å². The number of rotatable bonds is 7. The van der Waals surface area contributed by atoms with Crippen LogP contribution in [0.15, 0.2) is 72.8 Å². The van der Waals surface area contributed by atoms with E-state index in [9.17, 15) is 18.0 Å². The van der Waals surface area contributed by atoms with E-state index in [0.29, 0.717) is 40.9 Å². The summed E-state index contributed by atoms with van der Waals surface area (Å²) in [7, 11) is -2.46. The summed E-state index contributed by atoms with van der Waals surface area (Å²) in [6, 6.07) is 22.1. The number of ether oxygens (including phenoxy) is 1. The smallest absolute Gasteiger partial charge is 0.323 e. The quantitative estimate of drug-likeness (QED) is 0.206. The molecule has 0 aromatic heterocycles. The Hall–Kier alpha value is -4.45. The van der Waals surface area contributed by atoms with Crippen LogP contribution < -0.4 is 25.6 Å². The lowest BCUT2D eigenvalue weighted by atomic mass is 9.85. The number of Topliss-reactive ketones (excluding diaryl/α,β-unsaturated/α-hetero) is 1. The van der Waals surface area contributed by atoms with E-state index in [4.69, 9.17) is 14.7 Å². The van der Waals surface area contributed by atoms with Crippen molar-refractivity contribution in [2.24, 2.45) is 11.1 Å². The molecule has 1 fully saturated rings. The third-order valence-corrected chi connectivity index (χ3v) is 9.28. The van der Waals surface area contributed by atoms with Crippen LogP contribution >= 0.6 is 0 Å². The molecule has 2 unspecified atom stereocenters. The molecular weight excluding hydrogens is 604 g/mol. The van der Waals surface area contributed by atoms with Crippen molar-refractivity contribution >= 4 is 49.7 Å². The topological polar surface area (TPSA) is 140 Å². The Morgan fingerprint density at radius 1 is 0.978 bits per heavy atom. The van der Waals surface area contributed by atoms with Crippen LogP contribution in [0.4, 0.5) is 21.9 Å². The molecule has 0 aliphatic carbocycles. The molecule has 4 N–H and O–H groups in total. The molecule has 2 aliphatic rings. The Balaban J connectivity index is 1.27. The molecule has 46 heavy (non-hydrogen) atoms. The first-order chi connectivity index (χ1) is 21.8. The molecule has 11 heteroatoms. The molecule has 1 saturated heterocycles. The standard InChI is InChI=1S/C35H38N4O6S/c1-35(2,3)24-15-23(20-46(36,42)43)33(44-4)30(18-24)38-34(41)37-29-14-13-28(26-10-6-7-11-27(26)29)32(40)22-17-25-16-21-9-5-8-12-31(21)39(19-22)45-25/h5-15,18,22,25H,16-17,19-20H2,1-4H3,(H2,36,42,43)(H2,37,38,41). The van der Waals surface area contributed by atoms with E-state index >= 15 is 0 Å². The van der Waals surface area contributed by atoms with Gasteiger partial charge in [-0.2, -0.15) is 0 Å². The maximum Gasteiger partial charge on any atom is 0.323 e. The summed E-state index contributed by atoms with van der Waals surface area (Å²) in [6.45, 7) is 6.41. The molecule has 0 saturated carbocycles. The molecule has 4 aromatic rings. The zero-order valence-corrected chi connectivity index (χ0v) is 27.1. The summed E-state index contributed by atoms with van der Waals surface area (Å²) in [5.74, 6) is -0.445. The lowest BCUT2D eigenvalue weighted by molar-refractivity contribution is -0.0246. The van der Waals surface area contributed by atoms with Gasteiger partial charge in [0.05, 0.1) is 42.6 Å². The fraction of sp³-hybridized carbons (Fsp3) is 0.314. The predicted molar refractivity (Wildman–Crippen MR) is 180 cm³/mol. The number of hydroxylamine groups is 1. The Bertz CT molecular complexity index is 1950. The van der Waals surface area contributed by atoms with Crippen LogP contribution in [0.1, 0.15) is 54.2 Å². The third kappa shape index (κ3) is 6.44. The number of nitrogens with two attached hydrogens (primary N) is 1. The van der Waals surface area contributed by atoms with Crippen LogP contribution in [0, 0.1) is 5.92 Å². The highest BCUT2D eigenvalue weighted by Crippen LogP contribution is 2.39. The number of para-hydroxylation sites is 1. The normalized spacial score (nSPS) is 17.7. The summed E-state index contributed by atoms with van der Waals surface area (Å²) in [4.78, 5) is 33.5. The number of primary sulfonamides is 1. The minimum Gasteiger partial charge on any atom is -0.494 e. The molecule has 2 bridgehead atoms. The number of ketones is 1. The zero-order chi connectivity index (χ0) is 32.8. The van der Waals surface area contributed by atoms with Crippen LogP contribution in [0.3, 0.4) is 0 Å². The summed E-state index contributed by atoms with van der Waals surface area (Å²) in [5.41, 5.74) is 4.44. The largest absolute Gasteiger partial charge is 0.494 e. The highest BCUT2D eigenvalue weighted by atomic mass is 32.2. The van der Waals surface area contributed by atoms with Gasteiger partial charge < -0.3 is 15.4 Å². The van der Waals surface area contributed by atoms with E-state index in [1.54, 1.807) is 24.3 Å². The number of hydrogen-bond acceptors (Lipinski definition) is 7. The number of nitrogens with one attached hydrogen (secondary N) is 2.